The minimum Gasteiger partial charge on any atom is -0.324 e. The average molecular weight is 387 g/mol. The van der Waals surface area contributed by atoms with Crippen LogP contribution in [0.4, 0.5) is 20.4 Å². The number of hydrogen-bond donors (Lipinski definition) is 1. The summed E-state index contributed by atoms with van der Waals surface area (Å²) in [6, 6.07) is 13.4. The van der Waals surface area contributed by atoms with E-state index in [0.717, 1.165) is 36.8 Å². The number of anilines is 2. The maximum atomic E-state index is 13.4. The van der Waals surface area contributed by atoms with Crippen LogP contribution in [0.2, 0.25) is 5.15 Å². The minimum atomic E-state index is -0.668. The Morgan fingerprint density at radius 1 is 1.04 bits per heavy atom. The quantitative estimate of drug-likeness (QED) is 0.659. The van der Waals surface area contributed by atoms with Crippen LogP contribution >= 0.6 is 11.6 Å². The van der Waals surface area contributed by atoms with Crippen molar-refractivity contribution in [1.82, 2.24) is 14.9 Å². The van der Waals surface area contributed by atoms with E-state index >= 15 is 0 Å². The van der Waals surface area contributed by atoms with Gasteiger partial charge in [0.25, 0.3) is 0 Å². The van der Waals surface area contributed by atoms with Crippen LogP contribution in [0, 0.1) is 11.6 Å². The van der Waals surface area contributed by atoms with Gasteiger partial charge < -0.3 is 5.32 Å². The van der Waals surface area contributed by atoms with Crippen LogP contribution in [0.15, 0.2) is 48.5 Å². The van der Waals surface area contributed by atoms with Crippen LogP contribution in [0.3, 0.4) is 0 Å². The van der Waals surface area contributed by atoms with Gasteiger partial charge in [-0.1, -0.05) is 41.9 Å². The topological polar surface area (TPSA) is 41.1 Å². The van der Waals surface area contributed by atoms with Gasteiger partial charge in [-0.05, 0) is 17.7 Å². The van der Waals surface area contributed by atoms with Crippen molar-refractivity contribution in [2.24, 2.45) is 0 Å². The van der Waals surface area contributed by atoms with Crippen LogP contribution < -0.4 is 5.32 Å². The highest BCUT2D eigenvalue weighted by atomic mass is 35.5. The molecular weight excluding hydrogens is 370 g/mol. The molecule has 0 saturated carbocycles. The molecule has 1 N–H and O–H groups in total. The first kappa shape index (κ1) is 17.8. The van der Waals surface area contributed by atoms with Crippen LogP contribution in [0.5, 0.6) is 0 Å². The van der Waals surface area contributed by atoms with Crippen LogP contribution in [0.1, 0.15) is 16.8 Å². The van der Waals surface area contributed by atoms with Gasteiger partial charge in [0.15, 0.2) is 0 Å². The first-order valence-electron chi connectivity index (χ1n) is 8.61. The highest BCUT2D eigenvalue weighted by Crippen LogP contribution is 2.27. The van der Waals surface area contributed by atoms with Gasteiger partial charge in [0, 0.05) is 43.4 Å². The van der Waals surface area contributed by atoms with Gasteiger partial charge in [0.2, 0.25) is 5.95 Å². The van der Waals surface area contributed by atoms with E-state index in [2.05, 4.69) is 32.3 Å². The first-order valence-corrected chi connectivity index (χ1v) is 8.99. The zero-order valence-corrected chi connectivity index (χ0v) is 15.2. The Hall–Kier alpha value is -2.57. The zero-order valence-electron chi connectivity index (χ0n) is 14.4. The van der Waals surface area contributed by atoms with Gasteiger partial charge in [0.1, 0.15) is 16.8 Å². The molecule has 2 aromatic carbocycles. The molecule has 1 aromatic heterocycles. The Labute approximate surface area is 160 Å². The summed E-state index contributed by atoms with van der Waals surface area (Å²) in [5, 5.41) is 3.19. The summed E-state index contributed by atoms with van der Waals surface area (Å²) < 4.78 is 26.7. The van der Waals surface area contributed by atoms with Crippen LogP contribution in [0.25, 0.3) is 0 Å². The number of halogens is 3. The molecule has 0 unspecified atom stereocenters. The van der Waals surface area contributed by atoms with E-state index in [1.807, 2.05) is 18.2 Å². The van der Waals surface area contributed by atoms with Crippen molar-refractivity contribution in [1.29, 1.82) is 0 Å². The summed E-state index contributed by atoms with van der Waals surface area (Å²) in [7, 11) is 0. The molecule has 0 fully saturated rings. The predicted octanol–water partition coefficient (Wildman–Crippen LogP) is 4.71. The summed E-state index contributed by atoms with van der Waals surface area (Å²) in [6.07, 6.45) is 0.733. The van der Waals surface area contributed by atoms with Crippen molar-refractivity contribution in [3.8, 4) is 0 Å². The van der Waals surface area contributed by atoms with Crippen molar-refractivity contribution in [3.63, 3.8) is 0 Å². The third kappa shape index (κ3) is 4.23. The molecule has 0 saturated heterocycles. The molecule has 0 aliphatic carbocycles. The molecule has 4 rings (SSSR count). The van der Waals surface area contributed by atoms with Crippen LogP contribution in [-0.4, -0.2) is 21.4 Å². The first-order chi connectivity index (χ1) is 13.1. The number of benzene rings is 2. The summed E-state index contributed by atoms with van der Waals surface area (Å²) in [5.74, 6) is -1.10. The summed E-state index contributed by atoms with van der Waals surface area (Å²) in [5.41, 5.74) is 3.24. The molecule has 7 heteroatoms. The third-order valence-electron chi connectivity index (χ3n) is 4.46. The normalized spacial score (nSPS) is 14.0. The fourth-order valence-corrected chi connectivity index (χ4v) is 3.47. The van der Waals surface area contributed by atoms with E-state index in [-0.39, 0.29) is 11.6 Å². The van der Waals surface area contributed by atoms with Gasteiger partial charge in [-0.3, -0.25) is 4.90 Å². The molecule has 2 heterocycles. The molecular formula is C20H17ClF2N4. The molecule has 0 amide bonds. The van der Waals surface area contributed by atoms with E-state index in [1.165, 1.54) is 17.7 Å². The molecule has 4 nitrogen and oxygen atoms in total. The number of rotatable bonds is 4. The number of nitrogens with one attached hydrogen (secondary N) is 1. The lowest BCUT2D eigenvalue weighted by Gasteiger charge is -2.28. The lowest BCUT2D eigenvalue weighted by Crippen LogP contribution is -2.31. The number of aromatic nitrogens is 2. The van der Waals surface area contributed by atoms with Gasteiger partial charge >= 0.3 is 0 Å². The molecule has 0 radical (unpaired) electrons. The largest absolute Gasteiger partial charge is 0.324 e. The Bertz CT molecular complexity index is 945. The predicted molar refractivity (Wildman–Crippen MR) is 101 cm³/mol. The van der Waals surface area contributed by atoms with Crippen molar-refractivity contribution >= 4 is 23.2 Å². The van der Waals surface area contributed by atoms with E-state index in [1.54, 1.807) is 0 Å². The molecule has 1 aliphatic rings. The summed E-state index contributed by atoms with van der Waals surface area (Å²) in [4.78, 5) is 11.0. The maximum absolute atomic E-state index is 13.4. The second-order valence-corrected chi connectivity index (χ2v) is 6.85. The number of hydrogen-bond acceptors (Lipinski definition) is 4. The highest BCUT2D eigenvalue weighted by Gasteiger charge is 2.22. The van der Waals surface area contributed by atoms with Crippen molar-refractivity contribution < 1.29 is 8.78 Å². The van der Waals surface area contributed by atoms with Gasteiger partial charge in [-0.25, -0.2) is 18.7 Å². The summed E-state index contributed by atoms with van der Waals surface area (Å²) >= 11 is 6.38. The fraction of sp³-hybridized carbons (Fsp3) is 0.200. The van der Waals surface area contributed by atoms with E-state index < -0.39 is 11.6 Å². The molecule has 0 spiro atoms. The highest BCUT2D eigenvalue weighted by molar-refractivity contribution is 6.30. The Balaban J connectivity index is 1.52. The molecule has 27 heavy (non-hydrogen) atoms. The van der Waals surface area contributed by atoms with E-state index in [4.69, 9.17) is 11.6 Å². The lowest BCUT2D eigenvalue weighted by atomic mass is 10.1. The standard InChI is InChI=1S/C20H17ClF2N4/c21-19-17-12-27(11-13-4-2-1-3-5-13)7-6-18(17)25-20(26-19)24-16-9-14(22)8-15(23)10-16/h1-5,8-10H,6-7,11-12H2,(H,24,25,26). The van der Waals surface area contributed by atoms with Crippen molar-refractivity contribution in [2.75, 3.05) is 11.9 Å². The van der Waals surface area contributed by atoms with Crippen molar-refractivity contribution in [2.45, 2.75) is 19.5 Å². The van der Waals surface area contributed by atoms with Gasteiger partial charge in [0.05, 0.1) is 5.69 Å². The Morgan fingerprint density at radius 2 is 1.78 bits per heavy atom. The van der Waals surface area contributed by atoms with Gasteiger partial charge in [-0.2, -0.15) is 0 Å². The molecule has 0 atom stereocenters. The third-order valence-corrected chi connectivity index (χ3v) is 4.77. The minimum absolute atomic E-state index is 0.236. The Morgan fingerprint density at radius 3 is 2.52 bits per heavy atom. The average Bonchev–Trinajstić information content (AvgIpc) is 2.62. The molecule has 138 valence electrons. The van der Waals surface area contributed by atoms with Crippen LogP contribution in [-0.2, 0) is 19.5 Å². The van der Waals surface area contributed by atoms with E-state index in [9.17, 15) is 8.78 Å². The molecule has 3 aromatic rings. The SMILES string of the molecule is Fc1cc(F)cc(Nc2nc(Cl)c3c(n2)CCN(Cc2ccccc2)C3)c1. The van der Waals surface area contributed by atoms with E-state index in [0.29, 0.717) is 11.7 Å². The summed E-state index contributed by atoms with van der Waals surface area (Å²) in [6.45, 7) is 2.35. The number of nitrogens with zero attached hydrogens (tertiary/aromatic N) is 3. The number of fused-ring (bicyclic) bond motifs is 1. The lowest BCUT2D eigenvalue weighted by molar-refractivity contribution is 0.243. The molecule has 1 aliphatic heterocycles. The second-order valence-electron chi connectivity index (χ2n) is 6.49. The Kier molecular flexibility index (Phi) is 5.01. The van der Waals surface area contributed by atoms with Gasteiger partial charge in [-0.15, -0.1) is 0 Å². The fourth-order valence-electron chi connectivity index (χ4n) is 3.22. The monoisotopic (exact) mass is 386 g/mol. The molecule has 0 bridgehead atoms. The maximum Gasteiger partial charge on any atom is 0.228 e. The zero-order chi connectivity index (χ0) is 18.8. The van der Waals surface area contributed by atoms with Crippen molar-refractivity contribution in [3.05, 3.63) is 82.1 Å². The smallest absolute Gasteiger partial charge is 0.228 e. The second kappa shape index (κ2) is 7.58.